The van der Waals surface area contributed by atoms with E-state index in [9.17, 15) is 0 Å². The predicted molar refractivity (Wildman–Crippen MR) is 185 cm³/mol. The summed E-state index contributed by atoms with van der Waals surface area (Å²) in [6.07, 6.45) is 1.97. The van der Waals surface area contributed by atoms with Crippen molar-refractivity contribution in [3.63, 3.8) is 0 Å². The molecule has 0 spiro atoms. The molecule has 0 amide bonds. The van der Waals surface area contributed by atoms with Crippen LogP contribution in [0.3, 0.4) is 0 Å². The summed E-state index contributed by atoms with van der Waals surface area (Å²) in [6, 6.07) is 50.8. The third-order valence-electron chi connectivity index (χ3n) is 9.58. The van der Waals surface area contributed by atoms with Crippen LogP contribution in [0.1, 0.15) is 25.0 Å². The van der Waals surface area contributed by atoms with Gasteiger partial charge in [-0.3, -0.25) is 4.98 Å². The molecule has 208 valence electrons. The Hall–Kier alpha value is -5.47. The molecular formula is C42H30N2. The van der Waals surface area contributed by atoms with Gasteiger partial charge in [0.2, 0.25) is 0 Å². The second-order valence-corrected chi connectivity index (χ2v) is 12.5. The third-order valence-corrected chi connectivity index (χ3v) is 9.58. The molecule has 0 unspecified atom stereocenters. The van der Waals surface area contributed by atoms with Crippen LogP contribution in [0.15, 0.2) is 146 Å². The number of para-hydroxylation sites is 1. The molecule has 1 aliphatic heterocycles. The summed E-state index contributed by atoms with van der Waals surface area (Å²) >= 11 is 0. The van der Waals surface area contributed by atoms with E-state index >= 15 is 0 Å². The van der Waals surface area contributed by atoms with E-state index in [0.29, 0.717) is 0 Å². The molecule has 3 heterocycles. The molecule has 0 atom stereocenters. The quantitative estimate of drug-likeness (QED) is 0.209. The van der Waals surface area contributed by atoms with Gasteiger partial charge < -0.3 is 4.57 Å². The molecule has 0 saturated carbocycles. The Morgan fingerprint density at radius 1 is 0.545 bits per heavy atom. The minimum atomic E-state index is -0.224. The summed E-state index contributed by atoms with van der Waals surface area (Å²) in [6.45, 7) is 4.79. The van der Waals surface area contributed by atoms with Crippen LogP contribution in [0.5, 0.6) is 0 Å². The van der Waals surface area contributed by atoms with E-state index < -0.39 is 0 Å². The van der Waals surface area contributed by atoms with Crippen LogP contribution in [0.2, 0.25) is 0 Å². The Morgan fingerprint density at radius 2 is 1.27 bits per heavy atom. The zero-order valence-corrected chi connectivity index (χ0v) is 24.8. The molecule has 2 aromatic heterocycles. The second kappa shape index (κ2) is 9.26. The summed E-state index contributed by atoms with van der Waals surface area (Å²) in [5, 5.41) is 4.98. The number of hydrogen-bond acceptors (Lipinski definition) is 1. The fraction of sp³-hybridized carbons (Fsp3) is 0.0714. The van der Waals surface area contributed by atoms with Gasteiger partial charge in [0.05, 0.1) is 22.4 Å². The maximum absolute atomic E-state index is 4.81. The zero-order valence-electron chi connectivity index (χ0n) is 24.8. The van der Waals surface area contributed by atoms with Gasteiger partial charge in [-0.15, -0.1) is 0 Å². The molecule has 6 aromatic carbocycles. The van der Waals surface area contributed by atoms with Crippen molar-refractivity contribution in [3.05, 3.63) is 157 Å². The van der Waals surface area contributed by atoms with Crippen molar-refractivity contribution in [1.82, 2.24) is 9.55 Å². The Morgan fingerprint density at radius 3 is 2.16 bits per heavy atom. The molecule has 2 nitrogen and oxygen atoms in total. The van der Waals surface area contributed by atoms with Crippen molar-refractivity contribution in [1.29, 1.82) is 0 Å². The van der Waals surface area contributed by atoms with Gasteiger partial charge in [-0.1, -0.05) is 123 Å². The highest BCUT2D eigenvalue weighted by atomic mass is 15.0. The minimum absolute atomic E-state index is 0.224. The highest BCUT2D eigenvalue weighted by molar-refractivity contribution is 6.13. The summed E-state index contributed by atoms with van der Waals surface area (Å²) in [5.41, 5.74) is 13.4. The van der Waals surface area contributed by atoms with Crippen LogP contribution in [0, 0.1) is 0 Å². The van der Waals surface area contributed by atoms with Gasteiger partial charge in [0, 0.05) is 33.3 Å². The first-order chi connectivity index (χ1) is 21.6. The van der Waals surface area contributed by atoms with Crippen molar-refractivity contribution in [2.75, 3.05) is 0 Å². The van der Waals surface area contributed by atoms with E-state index in [1.54, 1.807) is 0 Å². The Bertz CT molecular complexity index is 2410. The molecule has 0 N–H and O–H groups in total. The summed E-state index contributed by atoms with van der Waals surface area (Å²) in [7, 11) is 0. The van der Waals surface area contributed by atoms with Crippen LogP contribution in [0.4, 0.5) is 0 Å². The van der Waals surface area contributed by atoms with Gasteiger partial charge >= 0.3 is 0 Å². The fourth-order valence-electron chi connectivity index (χ4n) is 7.44. The van der Waals surface area contributed by atoms with Crippen molar-refractivity contribution >= 4 is 32.6 Å². The number of aromatic nitrogens is 2. The van der Waals surface area contributed by atoms with Gasteiger partial charge in [0.1, 0.15) is 0 Å². The number of nitrogens with zero attached hydrogens (tertiary/aromatic N) is 2. The number of benzene rings is 6. The van der Waals surface area contributed by atoms with Crippen LogP contribution >= 0.6 is 0 Å². The van der Waals surface area contributed by atoms with E-state index in [2.05, 4.69) is 158 Å². The first kappa shape index (κ1) is 25.1. The first-order valence-corrected chi connectivity index (χ1v) is 15.3. The lowest BCUT2D eigenvalue weighted by Gasteiger charge is -2.37. The maximum atomic E-state index is 4.81. The molecule has 44 heavy (non-hydrogen) atoms. The topological polar surface area (TPSA) is 17.8 Å². The van der Waals surface area contributed by atoms with E-state index in [-0.39, 0.29) is 5.41 Å². The summed E-state index contributed by atoms with van der Waals surface area (Å²) < 4.78 is 2.51. The van der Waals surface area contributed by atoms with Crippen molar-refractivity contribution in [2.45, 2.75) is 19.3 Å². The average Bonchev–Trinajstić information content (AvgIpc) is 3.42. The lowest BCUT2D eigenvalue weighted by molar-refractivity contribution is 0.632. The van der Waals surface area contributed by atoms with Crippen molar-refractivity contribution < 1.29 is 0 Å². The molecule has 0 bridgehead atoms. The first-order valence-electron chi connectivity index (χ1n) is 15.3. The largest absolute Gasteiger partial charge is 0.309 e. The molecule has 0 radical (unpaired) electrons. The maximum Gasteiger partial charge on any atom is 0.0708 e. The van der Waals surface area contributed by atoms with Gasteiger partial charge in [0.25, 0.3) is 0 Å². The summed E-state index contributed by atoms with van der Waals surface area (Å²) in [5.74, 6) is 0. The Balaban J connectivity index is 1.26. The van der Waals surface area contributed by atoms with Gasteiger partial charge in [-0.05, 0) is 69.1 Å². The van der Waals surface area contributed by atoms with E-state index in [1.807, 2.05) is 6.20 Å². The predicted octanol–water partition coefficient (Wildman–Crippen LogP) is 11.0. The molecule has 9 rings (SSSR count). The number of fused-ring (bicyclic) bond motifs is 6. The molecule has 0 fully saturated rings. The van der Waals surface area contributed by atoms with Crippen LogP contribution in [-0.2, 0) is 5.41 Å². The van der Waals surface area contributed by atoms with Crippen LogP contribution in [-0.4, -0.2) is 9.55 Å². The van der Waals surface area contributed by atoms with Crippen molar-refractivity contribution in [3.8, 4) is 39.2 Å². The average molecular weight is 563 g/mol. The van der Waals surface area contributed by atoms with Gasteiger partial charge in [-0.25, -0.2) is 0 Å². The molecule has 0 aliphatic carbocycles. The third kappa shape index (κ3) is 3.58. The molecular weight excluding hydrogens is 532 g/mol. The van der Waals surface area contributed by atoms with E-state index in [4.69, 9.17) is 4.98 Å². The Labute approximate surface area is 256 Å². The Kier molecular flexibility index (Phi) is 5.28. The van der Waals surface area contributed by atoms with Crippen molar-refractivity contribution in [2.24, 2.45) is 0 Å². The normalized spacial score (nSPS) is 13.4. The fourth-order valence-corrected chi connectivity index (χ4v) is 7.44. The highest BCUT2D eigenvalue weighted by Crippen LogP contribution is 2.51. The molecule has 0 saturated heterocycles. The molecule has 8 aromatic rings. The standard InChI is InChI=1S/C42H30N2/c1-42(2)36-24-30(28-15-10-16-31(23-28)37-25-29-13-6-7-14-32(29)26-43-37)19-22-39(36)44-38-18-9-8-17-34(38)35-21-20-33(40(42)41(35)44)27-11-4-3-5-12-27/h3-26H,1-2H3. The number of hydrogen-bond donors (Lipinski definition) is 0. The van der Waals surface area contributed by atoms with E-state index in [1.165, 1.54) is 66.3 Å². The van der Waals surface area contributed by atoms with Crippen LogP contribution < -0.4 is 0 Å². The zero-order chi connectivity index (χ0) is 29.4. The van der Waals surface area contributed by atoms with Crippen LogP contribution in [0.25, 0.3) is 71.8 Å². The number of rotatable bonds is 3. The lowest BCUT2D eigenvalue weighted by Crippen LogP contribution is -2.27. The smallest absolute Gasteiger partial charge is 0.0708 e. The number of pyridine rings is 1. The molecule has 1 aliphatic rings. The molecule has 2 heteroatoms. The van der Waals surface area contributed by atoms with Gasteiger partial charge in [-0.2, -0.15) is 0 Å². The lowest BCUT2D eigenvalue weighted by atomic mass is 9.71. The van der Waals surface area contributed by atoms with Gasteiger partial charge in [0.15, 0.2) is 0 Å². The van der Waals surface area contributed by atoms with E-state index in [0.717, 1.165) is 16.6 Å². The monoisotopic (exact) mass is 562 g/mol. The second-order valence-electron chi connectivity index (χ2n) is 12.5. The summed E-state index contributed by atoms with van der Waals surface area (Å²) in [4.78, 5) is 4.81. The highest BCUT2D eigenvalue weighted by Gasteiger charge is 2.37. The minimum Gasteiger partial charge on any atom is -0.309 e. The SMILES string of the molecule is CC1(C)c2cc(-c3cccc(-c4cc5ccccc5cn4)c3)ccc2-n2c3ccccc3c3ccc(-c4ccccc4)c1c32.